The van der Waals surface area contributed by atoms with Crippen LogP contribution < -0.4 is 5.32 Å². The summed E-state index contributed by atoms with van der Waals surface area (Å²) in [4.78, 5) is 14.7. The van der Waals surface area contributed by atoms with Gasteiger partial charge in [0.1, 0.15) is 23.9 Å². The molecule has 31 heavy (non-hydrogen) atoms. The van der Waals surface area contributed by atoms with Gasteiger partial charge < -0.3 is 10.2 Å². The summed E-state index contributed by atoms with van der Waals surface area (Å²) >= 11 is 0. The van der Waals surface area contributed by atoms with Crippen LogP contribution >= 0.6 is 0 Å². The minimum Gasteiger partial charge on any atom is -0.354 e. The number of amides is 1. The number of rotatable bonds is 10. The number of hydrogen-bond acceptors (Lipinski definition) is 3. The Labute approximate surface area is 181 Å². The fraction of sp³-hybridized carbons (Fsp3) is 0.333. The first kappa shape index (κ1) is 22.6. The highest BCUT2D eigenvalue weighted by atomic mass is 19.1. The molecule has 2 aromatic carbocycles. The molecule has 0 unspecified atom stereocenters. The first-order valence-electron chi connectivity index (χ1n) is 10.6. The van der Waals surface area contributed by atoms with E-state index in [1.807, 2.05) is 0 Å². The van der Waals surface area contributed by atoms with Crippen molar-refractivity contribution in [1.29, 1.82) is 0 Å². The van der Waals surface area contributed by atoms with Crippen LogP contribution in [0.3, 0.4) is 0 Å². The lowest BCUT2D eigenvalue weighted by atomic mass is 10.0. The molecule has 3 aromatic rings. The van der Waals surface area contributed by atoms with Crippen LogP contribution in [0.5, 0.6) is 0 Å². The van der Waals surface area contributed by atoms with Gasteiger partial charge in [-0.1, -0.05) is 26.0 Å². The van der Waals surface area contributed by atoms with Gasteiger partial charge in [-0.3, -0.25) is 9.48 Å². The molecule has 0 aliphatic rings. The third kappa shape index (κ3) is 6.21. The Morgan fingerprint density at radius 3 is 2.13 bits per heavy atom. The number of carbonyl (C=O) groups is 1. The number of hydrogen-bond donors (Lipinski definition) is 1. The van der Waals surface area contributed by atoms with Gasteiger partial charge in [-0.15, -0.1) is 0 Å². The molecule has 5 nitrogen and oxygen atoms in total. The van der Waals surface area contributed by atoms with E-state index in [2.05, 4.69) is 29.2 Å². The molecule has 0 radical (unpaired) electrons. The van der Waals surface area contributed by atoms with E-state index < -0.39 is 0 Å². The minimum absolute atomic E-state index is 0.0701. The molecule has 0 atom stereocenters. The van der Waals surface area contributed by atoms with Gasteiger partial charge in [0.05, 0.1) is 0 Å². The molecule has 0 bridgehead atoms. The Balaban J connectivity index is 1.73. The molecule has 0 aliphatic carbocycles. The molecule has 0 saturated heterocycles. The topological polar surface area (TPSA) is 50.2 Å². The number of benzene rings is 2. The lowest BCUT2D eigenvalue weighted by Crippen LogP contribution is -2.31. The third-order valence-corrected chi connectivity index (χ3v) is 5.21. The Morgan fingerprint density at radius 2 is 1.55 bits per heavy atom. The fourth-order valence-electron chi connectivity index (χ4n) is 3.44. The normalized spacial score (nSPS) is 11.1. The van der Waals surface area contributed by atoms with Crippen molar-refractivity contribution in [3.63, 3.8) is 0 Å². The summed E-state index contributed by atoms with van der Waals surface area (Å²) in [5.41, 5.74) is 2.85. The maximum atomic E-state index is 13.4. The molecule has 1 N–H and O–H groups in total. The molecule has 1 aromatic heterocycles. The van der Waals surface area contributed by atoms with Gasteiger partial charge in [-0.05, 0) is 68.0 Å². The van der Waals surface area contributed by atoms with Gasteiger partial charge in [-0.2, -0.15) is 5.10 Å². The summed E-state index contributed by atoms with van der Waals surface area (Å²) in [6.45, 7) is 7.85. The van der Waals surface area contributed by atoms with Crippen LogP contribution in [-0.4, -0.2) is 46.8 Å². The summed E-state index contributed by atoms with van der Waals surface area (Å²) in [7, 11) is 0. The second-order valence-corrected chi connectivity index (χ2v) is 7.33. The van der Waals surface area contributed by atoms with Gasteiger partial charge in [0.15, 0.2) is 0 Å². The molecule has 0 spiro atoms. The summed E-state index contributed by atoms with van der Waals surface area (Å²) in [5.74, 6) is -0.794. The minimum atomic E-state index is -0.337. The predicted octanol–water partition coefficient (Wildman–Crippen LogP) is 4.34. The second kappa shape index (κ2) is 10.8. The zero-order valence-corrected chi connectivity index (χ0v) is 17.9. The number of halogens is 2. The average Bonchev–Trinajstić information content (AvgIpc) is 3.18. The Bertz CT molecular complexity index is 917. The van der Waals surface area contributed by atoms with Crippen molar-refractivity contribution in [2.24, 2.45) is 0 Å². The molecule has 7 heteroatoms. The van der Waals surface area contributed by atoms with Crippen molar-refractivity contribution < 1.29 is 13.6 Å². The van der Waals surface area contributed by atoms with Crippen LogP contribution in [0.4, 0.5) is 8.78 Å². The highest BCUT2D eigenvalue weighted by Gasteiger charge is 2.15. The van der Waals surface area contributed by atoms with E-state index in [9.17, 15) is 13.6 Å². The van der Waals surface area contributed by atoms with Gasteiger partial charge >= 0.3 is 0 Å². The lowest BCUT2D eigenvalue weighted by Gasteiger charge is -2.17. The van der Waals surface area contributed by atoms with Gasteiger partial charge in [0.2, 0.25) is 5.91 Å². The molecule has 0 saturated carbocycles. The van der Waals surface area contributed by atoms with Crippen molar-refractivity contribution in [2.75, 3.05) is 26.2 Å². The van der Waals surface area contributed by atoms with Crippen molar-refractivity contribution in [2.45, 2.75) is 26.8 Å². The lowest BCUT2D eigenvalue weighted by molar-refractivity contribution is -0.121. The van der Waals surface area contributed by atoms with E-state index in [1.165, 1.54) is 24.3 Å². The summed E-state index contributed by atoms with van der Waals surface area (Å²) in [6, 6.07) is 12.1. The van der Waals surface area contributed by atoms with Crippen LogP contribution in [0.2, 0.25) is 0 Å². The zero-order valence-electron chi connectivity index (χ0n) is 17.9. The molecular weight excluding hydrogens is 398 g/mol. The Kier molecular flexibility index (Phi) is 7.89. The van der Waals surface area contributed by atoms with Crippen LogP contribution in [0.1, 0.15) is 20.3 Å². The SMILES string of the molecule is CCN(CC)CCCNC(=O)Cn1cc(-c2ccc(F)cc2)c(-c2ccc(F)cc2)n1. The monoisotopic (exact) mass is 426 g/mol. The first-order valence-corrected chi connectivity index (χ1v) is 10.6. The smallest absolute Gasteiger partial charge is 0.241 e. The van der Waals surface area contributed by atoms with Crippen LogP contribution in [0.15, 0.2) is 54.7 Å². The van der Waals surface area contributed by atoms with Crippen LogP contribution in [0, 0.1) is 11.6 Å². The largest absolute Gasteiger partial charge is 0.354 e. The van der Waals surface area contributed by atoms with E-state index in [4.69, 9.17) is 0 Å². The molecular formula is C24H28F2N4O. The fourth-order valence-corrected chi connectivity index (χ4v) is 3.44. The van der Waals surface area contributed by atoms with E-state index in [0.29, 0.717) is 12.2 Å². The van der Waals surface area contributed by atoms with Crippen molar-refractivity contribution >= 4 is 5.91 Å². The Morgan fingerprint density at radius 1 is 0.968 bits per heavy atom. The van der Waals surface area contributed by atoms with Gasteiger partial charge in [0, 0.05) is 23.9 Å². The number of nitrogens with zero attached hydrogens (tertiary/aromatic N) is 3. The highest BCUT2D eigenvalue weighted by molar-refractivity contribution is 5.81. The molecule has 1 heterocycles. The van der Waals surface area contributed by atoms with Crippen molar-refractivity contribution in [1.82, 2.24) is 20.0 Å². The van der Waals surface area contributed by atoms with Crippen LogP contribution in [-0.2, 0) is 11.3 Å². The highest BCUT2D eigenvalue weighted by Crippen LogP contribution is 2.31. The van der Waals surface area contributed by atoms with Gasteiger partial charge in [-0.25, -0.2) is 8.78 Å². The maximum absolute atomic E-state index is 13.4. The number of nitrogens with one attached hydrogen (secondary N) is 1. The number of aromatic nitrogens is 2. The van der Waals surface area contributed by atoms with Crippen molar-refractivity contribution in [3.05, 3.63) is 66.4 Å². The standard InChI is InChI=1S/C24H28F2N4O/c1-3-29(4-2)15-5-14-27-23(31)17-30-16-22(18-6-10-20(25)11-7-18)24(28-30)19-8-12-21(26)13-9-19/h6-13,16H,3-5,14-15,17H2,1-2H3,(H,27,31). The summed E-state index contributed by atoms with van der Waals surface area (Å²) < 4.78 is 28.3. The average molecular weight is 427 g/mol. The van der Waals surface area contributed by atoms with Crippen LogP contribution in [0.25, 0.3) is 22.4 Å². The molecule has 1 amide bonds. The second-order valence-electron chi connectivity index (χ2n) is 7.33. The van der Waals surface area contributed by atoms with E-state index in [-0.39, 0.29) is 24.1 Å². The summed E-state index contributed by atoms with van der Waals surface area (Å²) in [5, 5.41) is 7.50. The zero-order chi connectivity index (χ0) is 22.2. The summed E-state index contributed by atoms with van der Waals surface area (Å²) in [6.07, 6.45) is 2.65. The van der Waals surface area contributed by atoms with E-state index in [0.717, 1.165) is 42.7 Å². The number of carbonyl (C=O) groups excluding carboxylic acids is 1. The first-order chi connectivity index (χ1) is 15.0. The molecule has 0 aliphatic heterocycles. The quantitative estimate of drug-likeness (QED) is 0.491. The maximum Gasteiger partial charge on any atom is 0.241 e. The van der Waals surface area contributed by atoms with E-state index >= 15 is 0 Å². The molecule has 164 valence electrons. The third-order valence-electron chi connectivity index (χ3n) is 5.21. The van der Waals surface area contributed by atoms with E-state index in [1.54, 1.807) is 35.1 Å². The molecule has 3 rings (SSSR count). The molecule has 0 fully saturated rings. The predicted molar refractivity (Wildman–Crippen MR) is 118 cm³/mol. The van der Waals surface area contributed by atoms with Gasteiger partial charge in [0.25, 0.3) is 0 Å². The van der Waals surface area contributed by atoms with Crippen molar-refractivity contribution in [3.8, 4) is 22.4 Å². The Hall–Kier alpha value is -3.06.